The molecule has 0 aliphatic carbocycles. The van der Waals surface area contributed by atoms with E-state index in [0.29, 0.717) is 11.3 Å². The molecule has 1 aromatic carbocycles. The molecule has 0 spiro atoms. The van der Waals surface area contributed by atoms with Crippen molar-refractivity contribution in [3.05, 3.63) is 58.7 Å². The molecule has 0 amide bonds. The van der Waals surface area contributed by atoms with Gasteiger partial charge in [0.25, 0.3) is 0 Å². The highest BCUT2D eigenvalue weighted by Gasteiger charge is 2.14. The van der Waals surface area contributed by atoms with Crippen LogP contribution in [0.3, 0.4) is 0 Å². The second-order valence-electron chi connectivity index (χ2n) is 5.10. The maximum Gasteiger partial charge on any atom is 0.339 e. The first-order valence-corrected chi connectivity index (χ1v) is 7.62. The third kappa shape index (κ3) is 2.70. The summed E-state index contributed by atoms with van der Waals surface area (Å²) in [4.78, 5) is 11.9. The number of hydrogen-bond acceptors (Lipinski definition) is 4. The molecule has 0 saturated heterocycles. The number of carboxylic acids is 1. The molecule has 2 heterocycles. The molecule has 0 aliphatic rings. The average Bonchev–Trinajstić information content (AvgIpc) is 3.12. The number of rotatable bonds is 3. The molecule has 0 atom stereocenters. The third-order valence-electron chi connectivity index (χ3n) is 3.45. The van der Waals surface area contributed by atoms with Crippen LogP contribution in [0.15, 0.2) is 42.0 Å². The van der Waals surface area contributed by atoms with Gasteiger partial charge >= 0.3 is 5.97 Å². The lowest BCUT2D eigenvalue weighted by Gasteiger charge is -2.05. The molecule has 0 aliphatic heterocycles. The summed E-state index contributed by atoms with van der Waals surface area (Å²) in [6.45, 7) is 1.99. The van der Waals surface area contributed by atoms with E-state index in [1.54, 1.807) is 34.4 Å². The quantitative estimate of drug-likeness (QED) is 0.767. The molecule has 0 saturated carbocycles. The molecule has 2 aromatic heterocycles. The molecule has 114 valence electrons. The SMILES string of the molecule is Cc1csc(-c2cn(-c3ccc(C(=O)O)c(O)c3)cc2C#N)c1. The van der Waals surface area contributed by atoms with Gasteiger partial charge in [0.05, 0.1) is 5.56 Å². The Balaban J connectivity index is 2.08. The number of aromatic carboxylic acids is 1. The highest BCUT2D eigenvalue weighted by Crippen LogP contribution is 2.32. The minimum Gasteiger partial charge on any atom is -0.507 e. The first-order chi connectivity index (χ1) is 11.0. The molecule has 0 radical (unpaired) electrons. The van der Waals surface area contributed by atoms with Crippen LogP contribution in [0, 0.1) is 18.3 Å². The second-order valence-corrected chi connectivity index (χ2v) is 6.01. The summed E-state index contributed by atoms with van der Waals surface area (Å²) in [6.07, 6.45) is 3.47. The lowest BCUT2D eigenvalue weighted by atomic mass is 10.2. The van der Waals surface area contributed by atoms with Crippen molar-refractivity contribution >= 4 is 17.3 Å². The van der Waals surface area contributed by atoms with Crippen LogP contribution in [-0.2, 0) is 0 Å². The Morgan fingerprint density at radius 3 is 2.65 bits per heavy atom. The van der Waals surface area contributed by atoms with Gasteiger partial charge in [0, 0.05) is 34.6 Å². The third-order valence-corrected chi connectivity index (χ3v) is 4.53. The van der Waals surface area contributed by atoms with E-state index in [-0.39, 0.29) is 11.3 Å². The summed E-state index contributed by atoms with van der Waals surface area (Å²) in [6, 6.07) is 8.48. The van der Waals surface area contributed by atoms with E-state index in [0.717, 1.165) is 16.0 Å². The van der Waals surface area contributed by atoms with Gasteiger partial charge in [-0.3, -0.25) is 0 Å². The van der Waals surface area contributed by atoms with Gasteiger partial charge in [0.1, 0.15) is 17.4 Å². The molecular formula is C17H12N2O3S. The molecule has 2 N–H and O–H groups in total. The van der Waals surface area contributed by atoms with Crippen molar-refractivity contribution in [2.45, 2.75) is 6.92 Å². The zero-order chi connectivity index (χ0) is 16.6. The first-order valence-electron chi connectivity index (χ1n) is 6.74. The van der Waals surface area contributed by atoms with Crippen molar-refractivity contribution in [1.29, 1.82) is 5.26 Å². The van der Waals surface area contributed by atoms with Gasteiger partial charge in [0.15, 0.2) is 0 Å². The van der Waals surface area contributed by atoms with Crippen LogP contribution >= 0.6 is 11.3 Å². The largest absolute Gasteiger partial charge is 0.507 e. The van der Waals surface area contributed by atoms with E-state index >= 15 is 0 Å². The molecule has 3 rings (SSSR count). The summed E-state index contributed by atoms with van der Waals surface area (Å²) in [5.74, 6) is -1.50. The molecule has 23 heavy (non-hydrogen) atoms. The minimum absolute atomic E-state index is 0.157. The molecule has 3 aromatic rings. The number of nitrogens with zero attached hydrogens (tertiary/aromatic N) is 2. The van der Waals surface area contributed by atoms with E-state index in [1.165, 1.54) is 12.1 Å². The molecule has 5 nitrogen and oxygen atoms in total. The maximum absolute atomic E-state index is 11.0. The van der Waals surface area contributed by atoms with Crippen LogP contribution in [0.1, 0.15) is 21.5 Å². The van der Waals surface area contributed by atoms with Gasteiger partial charge < -0.3 is 14.8 Å². The van der Waals surface area contributed by atoms with Crippen LogP contribution in [-0.4, -0.2) is 20.7 Å². The first kappa shape index (κ1) is 14.9. The number of aryl methyl sites for hydroxylation is 1. The number of benzene rings is 1. The van der Waals surface area contributed by atoms with Crippen LogP contribution < -0.4 is 0 Å². The molecule has 0 unspecified atom stereocenters. The van der Waals surface area contributed by atoms with Crippen molar-refractivity contribution in [1.82, 2.24) is 4.57 Å². The fourth-order valence-electron chi connectivity index (χ4n) is 2.32. The van der Waals surface area contributed by atoms with Gasteiger partial charge in [-0.2, -0.15) is 5.26 Å². The van der Waals surface area contributed by atoms with Gasteiger partial charge in [-0.15, -0.1) is 11.3 Å². The fraction of sp³-hybridized carbons (Fsp3) is 0.0588. The predicted molar refractivity (Wildman–Crippen MR) is 87.2 cm³/mol. The molecule has 0 fully saturated rings. The van der Waals surface area contributed by atoms with Crippen LogP contribution in [0.5, 0.6) is 5.75 Å². The summed E-state index contributed by atoms with van der Waals surface area (Å²) < 4.78 is 1.70. The van der Waals surface area contributed by atoms with E-state index in [2.05, 4.69) is 6.07 Å². The maximum atomic E-state index is 11.0. The lowest BCUT2D eigenvalue weighted by Crippen LogP contribution is -1.98. The Morgan fingerprint density at radius 2 is 2.09 bits per heavy atom. The number of carboxylic acid groups (broad SMARTS) is 1. The number of phenols is 1. The topological polar surface area (TPSA) is 86.2 Å². The van der Waals surface area contributed by atoms with Gasteiger partial charge in [-0.1, -0.05) is 0 Å². The van der Waals surface area contributed by atoms with Crippen LogP contribution in [0.4, 0.5) is 0 Å². The molecule has 6 heteroatoms. The van der Waals surface area contributed by atoms with Crippen molar-refractivity contribution < 1.29 is 15.0 Å². The standard InChI is InChI=1S/C17H12N2O3S/c1-10-4-16(23-9-10)14-8-19(7-11(14)6-18)12-2-3-13(17(21)22)15(20)5-12/h2-5,7-9,20H,1H3,(H,21,22). The van der Waals surface area contributed by atoms with Gasteiger partial charge in [-0.05, 0) is 36.1 Å². The summed E-state index contributed by atoms with van der Waals surface area (Å²) in [7, 11) is 0. The van der Waals surface area contributed by atoms with E-state index in [9.17, 15) is 15.2 Å². The summed E-state index contributed by atoms with van der Waals surface area (Å²) in [5.41, 5.74) is 2.89. The van der Waals surface area contributed by atoms with Crippen LogP contribution in [0.25, 0.3) is 16.1 Å². The molecule has 0 bridgehead atoms. The summed E-state index contributed by atoms with van der Waals surface area (Å²) in [5, 5.41) is 30.1. The Morgan fingerprint density at radius 1 is 1.30 bits per heavy atom. The van der Waals surface area contributed by atoms with Crippen molar-refractivity contribution in [3.8, 4) is 27.9 Å². The number of aromatic nitrogens is 1. The van der Waals surface area contributed by atoms with E-state index in [1.807, 2.05) is 18.4 Å². The monoisotopic (exact) mass is 324 g/mol. The minimum atomic E-state index is -1.19. The number of hydrogen-bond donors (Lipinski definition) is 2. The molecular weight excluding hydrogens is 312 g/mol. The Hall–Kier alpha value is -3.04. The van der Waals surface area contributed by atoms with E-state index in [4.69, 9.17) is 5.11 Å². The fourth-order valence-corrected chi connectivity index (χ4v) is 3.25. The average molecular weight is 324 g/mol. The zero-order valence-corrected chi connectivity index (χ0v) is 13.0. The zero-order valence-electron chi connectivity index (χ0n) is 12.1. The Bertz CT molecular complexity index is 947. The van der Waals surface area contributed by atoms with Gasteiger partial charge in [0.2, 0.25) is 0 Å². The Kier molecular flexibility index (Phi) is 3.64. The van der Waals surface area contributed by atoms with E-state index < -0.39 is 5.97 Å². The Labute approximate surface area is 136 Å². The number of carbonyl (C=O) groups is 1. The highest BCUT2D eigenvalue weighted by atomic mass is 32.1. The predicted octanol–water partition coefficient (Wildman–Crippen LogP) is 3.79. The summed E-state index contributed by atoms with van der Waals surface area (Å²) >= 11 is 1.56. The number of thiophene rings is 1. The van der Waals surface area contributed by atoms with Crippen molar-refractivity contribution in [2.24, 2.45) is 0 Å². The normalized spacial score (nSPS) is 10.4. The highest BCUT2D eigenvalue weighted by molar-refractivity contribution is 7.13. The second kappa shape index (κ2) is 5.63. The number of aromatic hydroxyl groups is 1. The lowest BCUT2D eigenvalue weighted by molar-refractivity contribution is 0.0694. The van der Waals surface area contributed by atoms with Crippen molar-refractivity contribution in [3.63, 3.8) is 0 Å². The smallest absolute Gasteiger partial charge is 0.339 e. The van der Waals surface area contributed by atoms with Gasteiger partial charge in [-0.25, -0.2) is 4.79 Å². The number of nitriles is 1. The van der Waals surface area contributed by atoms with Crippen LogP contribution in [0.2, 0.25) is 0 Å². The van der Waals surface area contributed by atoms with Crippen molar-refractivity contribution in [2.75, 3.05) is 0 Å².